The van der Waals surface area contributed by atoms with E-state index in [-0.39, 0.29) is 0 Å². The molecule has 674 valence electrons. The van der Waals surface area contributed by atoms with Gasteiger partial charge in [-0.2, -0.15) is 0 Å². The van der Waals surface area contributed by atoms with Crippen LogP contribution < -0.4 is 0 Å². The van der Waals surface area contributed by atoms with Crippen LogP contribution in [0.4, 0.5) is 0 Å². The van der Waals surface area contributed by atoms with Crippen LogP contribution in [0.2, 0.25) is 0 Å². The minimum atomic E-state index is 0.613. The zero-order valence-corrected chi connectivity index (χ0v) is 77.8. The van der Waals surface area contributed by atoms with Gasteiger partial charge in [-0.25, -0.2) is 39.9 Å². The van der Waals surface area contributed by atoms with Gasteiger partial charge in [0.25, 0.3) is 0 Å². The topological polar surface area (TPSA) is 133 Å². The predicted molar refractivity (Wildman–Crippen MR) is 591 cm³/mol. The van der Waals surface area contributed by atoms with E-state index in [2.05, 4.69) is 410 Å². The van der Waals surface area contributed by atoms with E-state index in [4.69, 9.17) is 39.9 Å². The van der Waals surface area contributed by atoms with Crippen LogP contribution in [0.5, 0.6) is 0 Å². The lowest BCUT2D eigenvalue weighted by Gasteiger charge is -2.12. The van der Waals surface area contributed by atoms with Crippen molar-refractivity contribution in [1.29, 1.82) is 0 Å². The molecule has 0 fully saturated rings. The second-order valence-corrected chi connectivity index (χ2v) is 36.3. The van der Waals surface area contributed by atoms with E-state index in [9.17, 15) is 0 Å². The lowest BCUT2D eigenvalue weighted by Crippen LogP contribution is -2.04. The van der Waals surface area contributed by atoms with E-state index in [1.54, 1.807) is 0 Å². The molecule has 19 aromatic carbocycles. The molecule has 144 heavy (non-hydrogen) atoms. The number of hydrogen-bond acceptors (Lipinski definition) is 8. The molecule has 0 amide bonds. The maximum atomic E-state index is 5.23. The summed E-state index contributed by atoms with van der Waals surface area (Å²) in [5.41, 5.74) is 32.4. The predicted octanol–water partition coefficient (Wildman–Crippen LogP) is 32.1. The third kappa shape index (κ3) is 14.7. The average molecular weight is 1840 g/mol. The van der Waals surface area contributed by atoms with Gasteiger partial charge in [0.05, 0.1) is 77.6 Å². The second kappa shape index (κ2) is 35.4. The molecule has 0 radical (unpaired) electrons. The minimum Gasteiger partial charge on any atom is -0.309 e. The van der Waals surface area contributed by atoms with Gasteiger partial charge in [-0.3, -0.25) is 18.3 Å². The van der Waals surface area contributed by atoms with E-state index >= 15 is 0 Å². The normalized spacial score (nSPS) is 11.6. The van der Waals surface area contributed by atoms with Gasteiger partial charge in [-0.1, -0.05) is 370 Å². The van der Waals surface area contributed by atoms with Crippen LogP contribution in [-0.4, -0.2) is 67.3 Å². The molecule has 10 aromatic heterocycles. The summed E-state index contributed by atoms with van der Waals surface area (Å²) < 4.78 is 13.6. The molecule has 14 nitrogen and oxygen atoms in total. The van der Waals surface area contributed by atoms with E-state index < -0.39 is 0 Å². The van der Waals surface area contributed by atoms with Crippen LogP contribution in [0.25, 0.3) is 255 Å². The van der Waals surface area contributed by atoms with Crippen LogP contribution in [-0.2, 0) is 0 Å². The number of hydrogen-bond donors (Lipinski definition) is 0. The van der Waals surface area contributed by atoms with Crippen LogP contribution in [0.3, 0.4) is 0 Å². The van der Waals surface area contributed by atoms with Gasteiger partial charge in [0.1, 0.15) is 0 Å². The van der Waals surface area contributed by atoms with Gasteiger partial charge >= 0.3 is 0 Å². The summed E-state index contributed by atoms with van der Waals surface area (Å²) in [7, 11) is 0. The molecule has 0 aliphatic rings. The van der Waals surface area contributed by atoms with Crippen molar-refractivity contribution in [3.63, 3.8) is 0 Å². The van der Waals surface area contributed by atoms with Crippen molar-refractivity contribution in [3.05, 3.63) is 510 Å². The van der Waals surface area contributed by atoms with Gasteiger partial charge in [0.2, 0.25) is 23.8 Å². The zero-order chi connectivity index (χ0) is 95.1. The van der Waals surface area contributed by atoms with Crippen molar-refractivity contribution in [2.45, 2.75) is 0 Å². The highest BCUT2D eigenvalue weighted by atomic mass is 15.2. The molecule has 14 heteroatoms. The Kier molecular flexibility index (Phi) is 20.6. The third-order valence-corrected chi connectivity index (χ3v) is 27.9. The maximum absolute atomic E-state index is 5.23. The fourth-order valence-corrected chi connectivity index (χ4v) is 21.1. The first-order valence-electron chi connectivity index (χ1n) is 48.4. The van der Waals surface area contributed by atoms with E-state index in [0.29, 0.717) is 23.8 Å². The summed E-state index contributed by atoms with van der Waals surface area (Å²) in [6.45, 7) is 0. The smallest absolute Gasteiger partial charge is 0.235 e. The quantitative estimate of drug-likeness (QED) is 0.105. The van der Waals surface area contributed by atoms with Crippen molar-refractivity contribution in [1.82, 2.24) is 67.3 Å². The van der Waals surface area contributed by atoms with E-state index in [1.807, 2.05) is 128 Å². The molecule has 0 unspecified atom stereocenters. The van der Waals surface area contributed by atoms with Gasteiger partial charge in [-0.05, 0) is 153 Å². The minimum absolute atomic E-state index is 0.613. The van der Waals surface area contributed by atoms with E-state index in [1.165, 1.54) is 76.4 Å². The Morgan fingerprint density at radius 3 is 0.639 bits per heavy atom. The zero-order valence-electron chi connectivity index (χ0n) is 77.8. The highest BCUT2D eigenvalue weighted by Crippen LogP contribution is 2.46. The standard InChI is InChI=1S/C46H30N4.C44H28N6.C40H26N4/c1-4-12-31(13-5-1)34-20-23-37(24-21-34)49-42-19-11-10-18-38(42)40-27-41-39-25-22-35(32-14-6-2-7-15-32)26-43(39)50(45(41)28-44(40)49)46-47-29-36(30-48-46)33-16-8-3-9-17-33;1-4-14-29(15-5-1)32-27-45-43(46-28-32)49-39-22-12-10-20-33(39)35-24-36-34-21-11-13-23-40(34)50(42(36)26-41(35)49)44-47-37(30-16-6-2-7-17-30)25-38(48-44)31-18-8-3-9-19-31;1-4-12-27(13-5-1)29-20-21-33-35-23-34-32-18-10-11-19-36(32)43(31-16-8-3-9-17-31)38(34)24-39(35)44(37(33)22-29)40-41-25-30(26-42-40)28-14-6-2-7-15-28/h1-30H;1-28H;1-26H. The average Bonchev–Trinajstić information content (AvgIpc) is 1.56. The lowest BCUT2D eigenvalue weighted by molar-refractivity contribution is 0.985. The largest absolute Gasteiger partial charge is 0.309 e. The molecule has 10 heterocycles. The molecule has 0 spiro atoms. The lowest BCUT2D eigenvalue weighted by atomic mass is 10.0. The van der Waals surface area contributed by atoms with Crippen LogP contribution >= 0.6 is 0 Å². The monoisotopic (exact) mass is 1840 g/mol. The Balaban J connectivity index is 0.000000108. The first-order chi connectivity index (χ1) is 71.4. The number of rotatable bonds is 14. The molecule has 0 bridgehead atoms. The Labute approximate surface area is 827 Å². The number of fused-ring (bicyclic) bond motifs is 18. The maximum Gasteiger partial charge on any atom is 0.235 e. The first-order valence-corrected chi connectivity index (χ1v) is 48.4. The second-order valence-electron chi connectivity index (χ2n) is 36.3. The molecular formula is C130H84N14. The number of aromatic nitrogens is 14. The summed E-state index contributed by atoms with van der Waals surface area (Å²) in [5, 5.41) is 14.1. The number of nitrogens with zero attached hydrogens (tertiary/aromatic N) is 14. The highest BCUT2D eigenvalue weighted by Gasteiger charge is 2.27. The number of para-hydroxylation sites is 5. The molecular weight excluding hydrogens is 1760 g/mol. The fourth-order valence-electron chi connectivity index (χ4n) is 21.1. The summed E-state index contributed by atoms with van der Waals surface area (Å²) >= 11 is 0. The molecule has 0 aliphatic heterocycles. The van der Waals surface area contributed by atoms with Crippen molar-refractivity contribution in [2.24, 2.45) is 0 Å². The Bertz CT molecular complexity index is 9870. The molecule has 0 saturated heterocycles. The van der Waals surface area contributed by atoms with Crippen molar-refractivity contribution in [3.8, 4) is 124 Å². The summed E-state index contributed by atoms with van der Waals surface area (Å²) in [6, 6.07) is 166. The van der Waals surface area contributed by atoms with Crippen molar-refractivity contribution < 1.29 is 0 Å². The fraction of sp³-hybridized carbons (Fsp3) is 0. The molecule has 0 aliphatic carbocycles. The first kappa shape index (κ1) is 83.7. The Morgan fingerprint density at radius 2 is 0.326 bits per heavy atom. The summed E-state index contributed by atoms with van der Waals surface area (Å²) in [5.74, 6) is 2.52. The van der Waals surface area contributed by atoms with Gasteiger partial charge in [0.15, 0.2) is 0 Å². The molecule has 29 rings (SSSR count). The molecule has 0 N–H and O–H groups in total. The molecule has 0 atom stereocenters. The summed E-state index contributed by atoms with van der Waals surface area (Å²) in [4.78, 5) is 40.2. The Hall–Kier alpha value is -19.7. The van der Waals surface area contributed by atoms with Gasteiger partial charge < -0.3 is 9.13 Å². The highest BCUT2D eigenvalue weighted by molar-refractivity contribution is 6.23. The van der Waals surface area contributed by atoms with Gasteiger partial charge in [0, 0.05) is 141 Å². The summed E-state index contributed by atoms with van der Waals surface area (Å²) in [6.07, 6.45) is 11.5. The van der Waals surface area contributed by atoms with E-state index in [0.717, 1.165) is 155 Å². The van der Waals surface area contributed by atoms with Crippen molar-refractivity contribution >= 4 is 131 Å². The van der Waals surface area contributed by atoms with Crippen molar-refractivity contribution in [2.75, 3.05) is 0 Å². The Morgan fingerprint density at radius 1 is 0.118 bits per heavy atom. The number of benzene rings is 19. The third-order valence-electron chi connectivity index (χ3n) is 27.9. The molecule has 29 aromatic rings. The SMILES string of the molecule is c1ccc(-c2ccc(-n3c4ccccc4c4cc5c6ccc(-c7ccccc7)cc6n(-c6ncc(-c7ccccc7)cn6)c5cc43)cc2)cc1.c1ccc(-c2cnc(-n3c4cc(-c5ccccc5)ccc4c4cc5c6ccccc6n(-c6ccccc6)c5cc43)nc2)cc1.c1ccc(-c2cnc(-n3c4ccccc4c4cc5c6ccccc6n(-c6nc(-c7ccccc7)cc(-c7ccccc7)n6)c5cc43)nc2)cc1. The van der Waals surface area contributed by atoms with Crippen LogP contribution in [0, 0.1) is 0 Å². The molecule has 0 saturated carbocycles. The van der Waals surface area contributed by atoms with Gasteiger partial charge in [-0.15, -0.1) is 0 Å². The van der Waals surface area contributed by atoms with Crippen LogP contribution in [0.1, 0.15) is 0 Å². The van der Waals surface area contributed by atoms with Crippen LogP contribution in [0.15, 0.2) is 510 Å².